The summed E-state index contributed by atoms with van der Waals surface area (Å²) < 4.78 is 33.6. The maximum Gasteiger partial charge on any atom is 0.200 e. The minimum atomic E-state index is -0.829. The van der Waals surface area contributed by atoms with Gasteiger partial charge in [-0.25, -0.2) is 4.39 Å². The lowest BCUT2D eigenvalue weighted by molar-refractivity contribution is 0.149. The Hall–Kier alpha value is -1.12. The monoisotopic (exact) mass is 460 g/mol. The summed E-state index contributed by atoms with van der Waals surface area (Å²) in [5, 5.41) is 0. The molecule has 1 aromatic carbocycles. The highest BCUT2D eigenvalue weighted by Crippen LogP contribution is 2.46. The van der Waals surface area contributed by atoms with Gasteiger partial charge < -0.3 is 4.74 Å². The van der Waals surface area contributed by atoms with Gasteiger partial charge in [0.05, 0.1) is 7.11 Å². The summed E-state index contributed by atoms with van der Waals surface area (Å²) >= 11 is 0. The zero-order chi connectivity index (χ0) is 23.2. The molecule has 0 amide bonds. The van der Waals surface area contributed by atoms with Crippen molar-refractivity contribution in [2.24, 2.45) is 29.6 Å². The zero-order valence-electron chi connectivity index (χ0n) is 21.1. The van der Waals surface area contributed by atoms with Crippen LogP contribution in [0.3, 0.4) is 0 Å². The van der Waals surface area contributed by atoms with Crippen molar-refractivity contribution in [2.75, 3.05) is 7.11 Å². The summed E-state index contributed by atoms with van der Waals surface area (Å²) in [6.07, 6.45) is 21.7. The van der Waals surface area contributed by atoms with E-state index in [9.17, 15) is 8.78 Å². The van der Waals surface area contributed by atoms with Crippen LogP contribution in [0.25, 0.3) is 0 Å². The van der Waals surface area contributed by atoms with Gasteiger partial charge in [-0.05, 0) is 85.7 Å². The van der Waals surface area contributed by atoms with E-state index in [1.165, 1.54) is 97.0 Å². The average Bonchev–Trinajstić information content (AvgIpc) is 2.86. The van der Waals surface area contributed by atoms with E-state index in [-0.39, 0.29) is 11.7 Å². The fourth-order valence-corrected chi connectivity index (χ4v) is 7.56. The van der Waals surface area contributed by atoms with Crippen LogP contribution in [0, 0.1) is 41.2 Å². The Morgan fingerprint density at radius 3 is 1.67 bits per heavy atom. The first-order chi connectivity index (χ1) is 16.1. The molecule has 33 heavy (non-hydrogen) atoms. The lowest BCUT2D eigenvalue weighted by Gasteiger charge is -2.38. The molecule has 3 saturated carbocycles. The van der Waals surface area contributed by atoms with Crippen LogP contribution in [0.4, 0.5) is 8.78 Å². The van der Waals surface area contributed by atoms with E-state index in [0.29, 0.717) is 5.56 Å². The average molecular weight is 461 g/mol. The van der Waals surface area contributed by atoms with Gasteiger partial charge in [0.25, 0.3) is 0 Å². The van der Waals surface area contributed by atoms with Crippen LogP contribution in [0.15, 0.2) is 12.1 Å². The first-order valence-corrected chi connectivity index (χ1v) is 14.1. The van der Waals surface area contributed by atoms with Gasteiger partial charge in [-0.15, -0.1) is 0 Å². The number of hydrogen-bond donors (Lipinski definition) is 0. The molecule has 0 bridgehead atoms. The van der Waals surface area contributed by atoms with E-state index in [2.05, 4.69) is 6.92 Å². The van der Waals surface area contributed by atoms with Crippen molar-refractivity contribution >= 4 is 0 Å². The van der Waals surface area contributed by atoms with Gasteiger partial charge in [0, 0.05) is 0 Å². The lowest BCUT2D eigenvalue weighted by atomic mass is 9.67. The molecule has 3 aliphatic rings. The molecular weight excluding hydrogens is 414 g/mol. The van der Waals surface area contributed by atoms with Crippen LogP contribution < -0.4 is 4.74 Å². The van der Waals surface area contributed by atoms with Crippen molar-refractivity contribution in [1.82, 2.24) is 0 Å². The van der Waals surface area contributed by atoms with Crippen molar-refractivity contribution in [3.63, 3.8) is 0 Å². The molecule has 3 fully saturated rings. The van der Waals surface area contributed by atoms with E-state index in [0.717, 1.165) is 42.4 Å². The molecule has 186 valence electrons. The predicted octanol–water partition coefficient (Wildman–Crippen LogP) is 9.44. The SMILES string of the molecule is CCCC1CCC(CCC2CCC(C3CCC(c4ccc(OC)c(F)c4F)CC3)CC2)CC1. The van der Waals surface area contributed by atoms with E-state index in [1.54, 1.807) is 12.1 Å². The van der Waals surface area contributed by atoms with Gasteiger partial charge in [-0.2, -0.15) is 4.39 Å². The molecule has 3 aliphatic carbocycles. The minimum Gasteiger partial charge on any atom is -0.494 e. The van der Waals surface area contributed by atoms with Gasteiger partial charge in [0.1, 0.15) is 0 Å². The Bertz CT molecular complexity index is 723. The fraction of sp³-hybridized carbons (Fsp3) is 0.800. The second kappa shape index (κ2) is 12.0. The van der Waals surface area contributed by atoms with Crippen molar-refractivity contribution in [3.05, 3.63) is 29.3 Å². The van der Waals surface area contributed by atoms with Crippen LogP contribution in [0.2, 0.25) is 0 Å². The number of hydrogen-bond acceptors (Lipinski definition) is 1. The Kier molecular flexibility index (Phi) is 9.11. The Balaban J connectivity index is 1.16. The molecule has 1 nitrogen and oxygen atoms in total. The quantitative estimate of drug-likeness (QED) is 0.375. The van der Waals surface area contributed by atoms with Crippen molar-refractivity contribution in [1.29, 1.82) is 0 Å². The number of benzene rings is 1. The third-order valence-corrected chi connectivity index (χ3v) is 9.71. The van der Waals surface area contributed by atoms with Crippen LogP contribution in [-0.2, 0) is 0 Å². The molecule has 0 radical (unpaired) electrons. The maximum absolute atomic E-state index is 14.5. The number of rotatable bonds is 8. The molecule has 0 spiro atoms. The minimum absolute atomic E-state index is 0.00544. The summed E-state index contributed by atoms with van der Waals surface area (Å²) in [7, 11) is 1.38. The Morgan fingerprint density at radius 2 is 1.15 bits per heavy atom. The molecule has 0 N–H and O–H groups in total. The number of methoxy groups -OCH3 is 1. The highest BCUT2D eigenvalue weighted by molar-refractivity contribution is 5.33. The topological polar surface area (TPSA) is 9.23 Å². The normalized spacial score (nSPS) is 33.1. The van der Waals surface area contributed by atoms with Gasteiger partial charge in [0.15, 0.2) is 11.6 Å². The largest absolute Gasteiger partial charge is 0.494 e. The first kappa shape index (κ1) is 25.0. The molecular formula is C30H46F2O. The van der Waals surface area contributed by atoms with Crippen molar-refractivity contribution < 1.29 is 13.5 Å². The smallest absolute Gasteiger partial charge is 0.200 e. The van der Waals surface area contributed by atoms with E-state index in [1.807, 2.05) is 0 Å². The molecule has 0 aliphatic heterocycles. The molecule has 0 saturated heterocycles. The van der Waals surface area contributed by atoms with Crippen LogP contribution in [-0.4, -0.2) is 7.11 Å². The van der Waals surface area contributed by atoms with E-state index < -0.39 is 11.6 Å². The number of halogens is 2. The summed E-state index contributed by atoms with van der Waals surface area (Å²) in [5.41, 5.74) is 0.555. The third kappa shape index (κ3) is 6.31. The Morgan fingerprint density at radius 1 is 0.667 bits per heavy atom. The highest BCUT2D eigenvalue weighted by atomic mass is 19.2. The first-order valence-electron chi connectivity index (χ1n) is 14.1. The second-order valence-electron chi connectivity index (χ2n) is 11.6. The summed E-state index contributed by atoms with van der Waals surface area (Å²) in [6, 6.07) is 3.32. The van der Waals surface area contributed by atoms with Gasteiger partial charge in [0.2, 0.25) is 5.82 Å². The van der Waals surface area contributed by atoms with Crippen LogP contribution in [0.1, 0.15) is 121 Å². The standard InChI is InChI=1S/C30H46F2O/c1-3-4-21-5-7-22(8-6-21)9-10-23-11-13-24(14-12-23)25-15-17-26(18-16-25)27-19-20-28(33-2)30(32)29(27)31/h19-26H,3-18H2,1-2H3. The molecule has 3 heteroatoms. The highest BCUT2D eigenvalue weighted by Gasteiger charge is 2.33. The maximum atomic E-state index is 14.5. The predicted molar refractivity (Wildman–Crippen MR) is 133 cm³/mol. The molecule has 1 aromatic rings. The van der Waals surface area contributed by atoms with E-state index >= 15 is 0 Å². The molecule has 0 unspecified atom stereocenters. The van der Waals surface area contributed by atoms with Crippen molar-refractivity contribution in [2.45, 2.75) is 116 Å². The van der Waals surface area contributed by atoms with Crippen LogP contribution >= 0.6 is 0 Å². The van der Waals surface area contributed by atoms with Gasteiger partial charge in [-0.3, -0.25) is 0 Å². The van der Waals surface area contributed by atoms with Gasteiger partial charge in [-0.1, -0.05) is 77.2 Å². The molecule has 4 rings (SSSR count). The summed E-state index contributed by atoms with van der Waals surface area (Å²) in [6.45, 7) is 2.33. The van der Waals surface area contributed by atoms with E-state index in [4.69, 9.17) is 4.74 Å². The summed E-state index contributed by atoms with van der Waals surface area (Å²) in [4.78, 5) is 0. The molecule has 0 aromatic heterocycles. The number of ether oxygens (including phenoxy) is 1. The Labute approximate surface area is 201 Å². The second-order valence-corrected chi connectivity index (χ2v) is 11.6. The lowest BCUT2D eigenvalue weighted by Crippen LogP contribution is -2.26. The van der Waals surface area contributed by atoms with Gasteiger partial charge >= 0.3 is 0 Å². The third-order valence-electron chi connectivity index (χ3n) is 9.71. The zero-order valence-corrected chi connectivity index (χ0v) is 21.1. The fourth-order valence-electron chi connectivity index (χ4n) is 7.56. The molecule has 0 atom stereocenters. The summed E-state index contributed by atoms with van der Waals surface area (Å²) in [5.74, 6) is 3.29. The molecule has 0 heterocycles. The van der Waals surface area contributed by atoms with Crippen LogP contribution in [0.5, 0.6) is 5.75 Å². The van der Waals surface area contributed by atoms with Crippen molar-refractivity contribution in [3.8, 4) is 5.75 Å².